The number of carbonyl (C=O) groups is 4. The predicted molar refractivity (Wildman–Crippen MR) is 151 cm³/mol. The highest BCUT2D eigenvalue weighted by atomic mass is 16.4. The molecule has 13 nitrogen and oxygen atoms in total. The second-order valence-electron chi connectivity index (χ2n) is 10.4. The number of para-hydroxylation sites is 1. The van der Waals surface area contributed by atoms with E-state index in [0.717, 1.165) is 16.5 Å². The molecule has 0 radical (unpaired) electrons. The third kappa shape index (κ3) is 7.50. The fourth-order valence-electron chi connectivity index (χ4n) is 5.24. The Morgan fingerprint density at radius 1 is 1.07 bits per heavy atom. The summed E-state index contributed by atoms with van der Waals surface area (Å²) in [6.07, 6.45) is 7.60. The molecule has 0 spiro atoms. The van der Waals surface area contributed by atoms with E-state index in [2.05, 4.69) is 25.6 Å². The van der Waals surface area contributed by atoms with Gasteiger partial charge in [0.05, 0.1) is 12.4 Å². The Bertz CT molecular complexity index is 1340. The van der Waals surface area contributed by atoms with Crippen molar-refractivity contribution < 1.29 is 24.3 Å². The number of nitrogens with two attached hydrogens (primary N) is 2. The van der Waals surface area contributed by atoms with Gasteiger partial charge in [-0.3, -0.25) is 14.4 Å². The van der Waals surface area contributed by atoms with Crippen molar-refractivity contribution >= 4 is 34.6 Å². The van der Waals surface area contributed by atoms with Gasteiger partial charge in [0.1, 0.15) is 18.1 Å². The number of amides is 3. The van der Waals surface area contributed by atoms with Gasteiger partial charge in [0.25, 0.3) is 0 Å². The number of carbonyl (C=O) groups excluding carboxylic acids is 3. The van der Waals surface area contributed by atoms with Crippen LogP contribution in [0.3, 0.4) is 0 Å². The molecule has 3 amide bonds. The van der Waals surface area contributed by atoms with Gasteiger partial charge in [-0.25, -0.2) is 9.78 Å². The van der Waals surface area contributed by atoms with E-state index < -0.39 is 47.9 Å². The number of carboxylic acids is 1. The van der Waals surface area contributed by atoms with Gasteiger partial charge in [-0.15, -0.1) is 0 Å². The van der Waals surface area contributed by atoms with Gasteiger partial charge >= 0.3 is 5.97 Å². The number of hydrogen-bond acceptors (Lipinski definition) is 7. The number of hydrogen-bond donors (Lipinski definition) is 7. The van der Waals surface area contributed by atoms with Crippen molar-refractivity contribution in [2.75, 3.05) is 13.1 Å². The molecular formula is C28H38N8O5. The lowest BCUT2D eigenvalue weighted by molar-refractivity contribution is -0.149. The first-order chi connectivity index (χ1) is 19.8. The summed E-state index contributed by atoms with van der Waals surface area (Å²) in [4.78, 5) is 63.5. The molecule has 1 saturated heterocycles. The molecule has 4 unspecified atom stereocenters. The van der Waals surface area contributed by atoms with E-state index in [4.69, 9.17) is 11.5 Å². The normalized spacial score (nSPS) is 17.2. The quantitative estimate of drug-likeness (QED) is 0.133. The lowest BCUT2D eigenvalue weighted by atomic mass is 10.0. The van der Waals surface area contributed by atoms with Crippen molar-refractivity contribution in [3.05, 3.63) is 54.2 Å². The topological polar surface area (TPSA) is 212 Å². The van der Waals surface area contributed by atoms with Crippen LogP contribution >= 0.6 is 0 Å². The van der Waals surface area contributed by atoms with E-state index in [9.17, 15) is 24.3 Å². The maximum absolute atomic E-state index is 13.8. The number of benzene rings is 1. The van der Waals surface area contributed by atoms with Crippen LogP contribution in [0, 0.1) is 0 Å². The number of nitrogens with one attached hydrogen (secondary N) is 4. The van der Waals surface area contributed by atoms with Crippen molar-refractivity contribution in [1.82, 2.24) is 30.5 Å². The summed E-state index contributed by atoms with van der Waals surface area (Å²) >= 11 is 0. The first-order valence-corrected chi connectivity index (χ1v) is 13.9. The zero-order chi connectivity index (χ0) is 29.4. The Kier molecular flexibility index (Phi) is 10.1. The highest BCUT2D eigenvalue weighted by Gasteiger charge is 2.38. The van der Waals surface area contributed by atoms with E-state index in [-0.39, 0.29) is 19.3 Å². The molecule has 1 aromatic carbocycles. The smallest absolute Gasteiger partial charge is 0.326 e. The molecule has 4 atom stereocenters. The van der Waals surface area contributed by atoms with E-state index >= 15 is 0 Å². The number of aromatic nitrogens is 3. The molecule has 3 heterocycles. The average molecular weight is 567 g/mol. The largest absolute Gasteiger partial charge is 0.480 e. The number of unbranched alkanes of at least 4 members (excludes halogenated alkanes) is 1. The van der Waals surface area contributed by atoms with Crippen LogP contribution in [0.1, 0.15) is 43.4 Å². The van der Waals surface area contributed by atoms with Gasteiger partial charge in [-0.1, -0.05) is 18.2 Å². The number of nitrogens with zero attached hydrogens (tertiary/aromatic N) is 2. The van der Waals surface area contributed by atoms with Crippen LogP contribution in [0.4, 0.5) is 0 Å². The third-order valence-corrected chi connectivity index (χ3v) is 7.45. The van der Waals surface area contributed by atoms with E-state index in [0.29, 0.717) is 44.5 Å². The standard InChI is InChI=1S/C28H38N8O5/c29-10-4-3-8-22(27(39)36-11-5-9-24(36)28(40)41)34-26(38)23(12-17-14-32-21-7-2-1-6-19(17)21)35-25(37)20(30)13-18-15-31-16-33-18/h1-2,6-7,14-16,20,22-24,32H,3-5,8-13,29-30H2,(H,31,33)(H,34,38)(H,35,37)(H,40,41). The third-order valence-electron chi connectivity index (χ3n) is 7.45. The number of aromatic amines is 2. The number of H-pyrrole nitrogens is 2. The molecule has 0 bridgehead atoms. The molecular weight excluding hydrogens is 528 g/mol. The molecule has 9 N–H and O–H groups in total. The molecule has 3 aromatic rings. The highest BCUT2D eigenvalue weighted by molar-refractivity contribution is 5.95. The minimum absolute atomic E-state index is 0.142. The van der Waals surface area contributed by atoms with Crippen LogP contribution in [0.15, 0.2) is 43.0 Å². The van der Waals surface area contributed by atoms with Crippen LogP contribution in [-0.2, 0) is 32.0 Å². The monoisotopic (exact) mass is 566 g/mol. The zero-order valence-electron chi connectivity index (χ0n) is 22.8. The van der Waals surface area contributed by atoms with E-state index in [1.54, 1.807) is 12.4 Å². The van der Waals surface area contributed by atoms with Crippen LogP contribution in [0.25, 0.3) is 10.9 Å². The Labute approximate surface area is 237 Å². The lowest BCUT2D eigenvalue weighted by Crippen LogP contribution is -2.57. The molecule has 1 aliphatic heterocycles. The fraction of sp³-hybridized carbons (Fsp3) is 0.464. The molecule has 41 heavy (non-hydrogen) atoms. The predicted octanol–water partition coefficient (Wildman–Crippen LogP) is 0.178. The number of fused-ring (bicyclic) bond motifs is 1. The average Bonchev–Trinajstić information content (AvgIpc) is 3.73. The Hall–Kier alpha value is -4.23. The maximum atomic E-state index is 13.8. The van der Waals surface area contributed by atoms with Crippen molar-refractivity contribution in [2.45, 2.75) is 69.1 Å². The summed E-state index contributed by atoms with van der Waals surface area (Å²) < 4.78 is 0. The van der Waals surface area contributed by atoms with Crippen LogP contribution < -0.4 is 22.1 Å². The maximum Gasteiger partial charge on any atom is 0.326 e. The van der Waals surface area contributed by atoms with Gasteiger partial charge in [0.2, 0.25) is 17.7 Å². The van der Waals surface area contributed by atoms with Crippen molar-refractivity contribution in [1.29, 1.82) is 0 Å². The molecule has 1 aliphatic rings. The molecule has 0 aliphatic carbocycles. The van der Waals surface area contributed by atoms with Gasteiger partial charge < -0.3 is 42.1 Å². The number of carboxylic acid groups (broad SMARTS) is 1. The number of likely N-dealkylation sites (tertiary alicyclic amines) is 1. The van der Waals surface area contributed by atoms with Crippen LogP contribution in [0.2, 0.25) is 0 Å². The second kappa shape index (κ2) is 13.9. The van der Waals surface area contributed by atoms with Gasteiger partial charge in [-0.05, 0) is 50.3 Å². The first-order valence-electron chi connectivity index (χ1n) is 13.9. The summed E-state index contributed by atoms with van der Waals surface area (Å²) in [6, 6.07) is 3.71. The summed E-state index contributed by atoms with van der Waals surface area (Å²) in [5.41, 5.74) is 14.2. The first kappa shape index (κ1) is 29.7. The summed E-state index contributed by atoms with van der Waals surface area (Å²) in [7, 11) is 0. The SMILES string of the molecule is NCCCCC(NC(=O)C(Cc1c[nH]c2ccccc12)NC(=O)C(N)Cc1cnc[nH]1)C(=O)N1CCCC1C(=O)O. The number of imidazole rings is 1. The van der Waals surface area contributed by atoms with Crippen LogP contribution in [0.5, 0.6) is 0 Å². The lowest BCUT2D eigenvalue weighted by Gasteiger charge is -2.29. The number of rotatable bonds is 14. The molecule has 13 heteroatoms. The Morgan fingerprint density at radius 3 is 2.59 bits per heavy atom. The van der Waals surface area contributed by atoms with Crippen molar-refractivity contribution in [3.63, 3.8) is 0 Å². The van der Waals surface area contributed by atoms with Gasteiger partial charge in [0, 0.05) is 48.4 Å². The molecule has 0 saturated carbocycles. The summed E-state index contributed by atoms with van der Waals surface area (Å²) in [6.45, 7) is 0.723. The van der Waals surface area contributed by atoms with Gasteiger partial charge in [0.15, 0.2) is 0 Å². The Morgan fingerprint density at radius 2 is 1.85 bits per heavy atom. The van der Waals surface area contributed by atoms with Gasteiger partial charge in [-0.2, -0.15) is 0 Å². The van der Waals surface area contributed by atoms with Crippen molar-refractivity contribution in [2.24, 2.45) is 11.5 Å². The molecule has 1 fully saturated rings. The zero-order valence-corrected chi connectivity index (χ0v) is 22.8. The summed E-state index contributed by atoms with van der Waals surface area (Å²) in [5.74, 6) is -2.61. The minimum Gasteiger partial charge on any atom is -0.480 e. The Balaban J connectivity index is 1.55. The highest BCUT2D eigenvalue weighted by Crippen LogP contribution is 2.21. The van der Waals surface area contributed by atoms with Crippen molar-refractivity contribution in [3.8, 4) is 0 Å². The molecule has 220 valence electrons. The minimum atomic E-state index is -1.07. The fourth-order valence-corrected chi connectivity index (χ4v) is 5.24. The summed E-state index contributed by atoms with van der Waals surface area (Å²) in [5, 5.41) is 16.1. The van der Waals surface area contributed by atoms with E-state index in [1.165, 1.54) is 11.2 Å². The molecule has 2 aromatic heterocycles. The molecule has 4 rings (SSSR count). The van der Waals surface area contributed by atoms with E-state index in [1.807, 2.05) is 24.3 Å². The number of aliphatic carboxylic acids is 1. The van der Waals surface area contributed by atoms with Crippen LogP contribution in [-0.4, -0.2) is 85.9 Å². The second-order valence-corrected chi connectivity index (χ2v) is 10.4.